The summed E-state index contributed by atoms with van der Waals surface area (Å²) in [6, 6.07) is 3.86. The molecule has 1 saturated heterocycles. The van der Waals surface area contributed by atoms with Crippen LogP contribution in [0.4, 0.5) is 4.79 Å². The lowest BCUT2D eigenvalue weighted by Gasteiger charge is -2.12. The molecule has 2 heterocycles. The Morgan fingerprint density at radius 2 is 2.64 bits per heavy atom. The van der Waals surface area contributed by atoms with E-state index in [1.165, 1.54) is 4.88 Å². The zero-order valence-corrected chi connectivity index (χ0v) is 8.29. The molecule has 1 amide bonds. The van der Waals surface area contributed by atoms with Crippen LogP contribution in [0.2, 0.25) is 0 Å². The SMILES string of the molecule is O=C(O)N[C@@H](Cc1cccs1)[C@H]1CO1. The Bertz CT molecular complexity index is 308. The number of ether oxygens (including phenoxy) is 1. The first-order valence-corrected chi connectivity index (χ1v) is 5.27. The number of epoxide rings is 1. The van der Waals surface area contributed by atoms with E-state index in [1.807, 2.05) is 17.5 Å². The molecule has 0 bridgehead atoms. The minimum absolute atomic E-state index is 0.0631. The smallest absolute Gasteiger partial charge is 0.404 e. The van der Waals surface area contributed by atoms with E-state index in [2.05, 4.69) is 5.32 Å². The van der Waals surface area contributed by atoms with E-state index in [9.17, 15) is 4.79 Å². The number of carboxylic acid groups (broad SMARTS) is 1. The molecule has 2 rings (SSSR count). The lowest BCUT2D eigenvalue weighted by atomic mass is 10.1. The highest BCUT2D eigenvalue weighted by atomic mass is 32.1. The van der Waals surface area contributed by atoms with Gasteiger partial charge in [-0.15, -0.1) is 11.3 Å². The standard InChI is InChI=1S/C9H11NO3S/c11-9(12)10-7(8-5-13-8)4-6-2-1-3-14-6/h1-3,7-8,10H,4-5H2,(H,11,12)/t7-,8+/m0/s1. The molecule has 0 radical (unpaired) electrons. The van der Waals surface area contributed by atoms with Crippen molar-refractivity contribution in [2.45, 2.75) is 18.6 Å². The van der Waals surface area contributed by atoms with Crippen molar-refractivity contribution in [1.82, 2.24) is 5.32 Å². The highest BCUT2D eigenvalue weighted by Crippen LogP contribution is 2.20. The molecule has 5 heteroatoms. The van der Waals surface area contributed by atoms with Gasteiger partial charge in [0.1, 0.15) is 6.10 Å². The predicted molar refractivity (Wildman–Crippen MR) is 52.7 cm³/mol. The van der Waals surface area contributed by atoms with Crippen LogP contribution >= 0.6 is 11.3 Å². The summed E-state index contributed by atoms with van der Waals surface area (Å²) in [6.07, 6.45) is -0.204. The topological polar surface area (TPSA) is 61.9 Å². The van der Waals surface area contributed by atoms with Crippen LogP contribution in [0, 0.1) is 0 Å². The third kappa shape index (κ3) is 2.46. The Kier molecular flexibility index (Phi) is 2.69. The third-order valence-corrected chi connectivity index (χ3v) is 3.02. The molecule has 0 unspecified atom stereocenters. The van der Waals surface area contributed by atoms with Crippen molar-refractivity contribution in [1.29, 1.82) is 0 Å². The van der Waals surface area contributed by atoms with E-state index in [4.69, 9.17) is 9.84 Å². The minimum atomic E-state index is -0.984. The maximum absolute atomic E-state index is 10.5. The van der Waals surface area contributed by atoms with Gasteiger partial charge in [-0.25, -0.2) is 4.79 Å². The van der Waals surface area contributed by atoms with Gasteiger partial charge >= 0.3 is 6.09 Å². The van der Waals surface area contributed by atoms with Crippen LogP contribution in [0.1, 0.15) is 4.88 Å². The molecule has 2 N–H and O–H groups in total. The van der Waals surface area contributed by atoms with Gasteiger partial charge < -0.3 is 15.2 Å². The van der Waals surface area contributed by atoms with Crippen LogP contribution in [0.25, 0.3) is 0 Å². The van der Waals surface area contributed by atoms with Gasteiger partial charge in [-0.3, -0.25) is 0 Å². The second-order valence-corrected chi connectivity index (χ2v) is 4.24. The Labute approximate surface area is 85.5 Å². The number of thiophene rings is 1. The molecule has 76 valence electrons. The summed E-state index contributed by atoms with van der Waals surface area (Å²) >= 11 is 1.64. The molecule has 0 aliphatic carbocycles. The Morgan fingerprint density at radius 1 is 1.86 bits per heavy atom. The van der Waals surface area contributed by atoms with Gasteiger partial charge in [-0.05, 0) is 11.4 Å². The summed E-state index contributed by atoms with van der Waals surface area (Å²) in [7, 11) is 0. The van der Waals surface area contributed by atoms with Crippen molar-refractivity contribution < 1.29 is 14.6 Å². The average Bonchev–Trinajstić information content (AvgIpc) is 2.85. The molecule has 1 aromatic heterocycles. The molecule has 1 aliphatic rings. The first kappa shape index (κ1) is 9.48. The molecular formula is C9H11NO3S. The summed E-state index contributed by atoms with van der Waals surface area (Å²) in [5.74, 6) is 0. The van der Waals surface area contributed by atoms with Gasteiger partial charge in [-0.2, -0.15) is 0 Å². The summed E-state index contributed by atoms with van der Waals surface area (Å²) in [5, 5.41) is 13.1. The largest absolute Gasteiger partial charge is 0.465 e. The number of nitrogens with one attached hydrogen (secondary N) is 1. The van der Waals surface area contributed by atoms with Crippen molar-refractivity contribution in [3.05, 3.63) is 22.4 Å². The minimum Gasteiger partial charge on any atom is -0.465 e. The van der Waals surface area contributed by atoms with Crippen molar-refractivity contribution >= 4 is 17.4 Å². The van der Waals surface area contributed by atoms with E-state index < -0.39 is 6.09 Å². The summed E-state index contributed by atoms with van der Waals surface area (Å²) in [4.78, 5) is 11.7. The number of rotatable bonds is 4. The maximum atomic E-state index is 10.5. The van der Waals surface area contributed by atoms with Crippen molar-refractivity contribution in [2.24, 2.45) is 0 Å². The first-order chi connectivity index (χ1) is 6.75. The van der Waals surface area contributed by atoms with Gasteiger partial charge in [0.25, 0.3) is 0 Å². The van der Waals surface area contributed by atoms with Gasteiger partial charge in [-0.1, -0.05) is 6.07 Å². The second kappa shape index (κ2) is 3.98. The average molecular weight is 213 g/mol. The Balaban J connectivity index is 1.93. The van der Waals surface area contributed by atoms with Gasteiger partial charge in [0.15, 0.2) is 0 Å². The summed E-state index contributed by atoms with van der Waals surface area (Å²) in [6.45, 7) is 0.663. The highest BCUT2D eigenvalue weighted by Gasteiger charge is 2.33. The molecule has 1 fully saturated rings. The molecular weight excluding hydrogens is 202 g/mol. The fourth-order valence-corrected chi connectivity index (χ4v) is 2.13. The van der Waals surface area contributed by atoms with E-state index in [0.717, 1.165) is 0 Å². The van der Waals surface area contributed by atoms with Crippen molar-refractivity contribution in [2.75, 3.05) is 6.61 Å². The van der Waals surface area contributed by atoms with E-state index >= 15 is 0 Å². The van der Waals surface area contributed by atoms with Crippen LogP contribution in [0.3, 0.4) is 0 Å². The number of hydrogen-bond donors (Lipinski definition) is 2. The summed E-state index contributed by atoms with van der Waals surface area (Å²) < 4.78 is 5.10. The van der Waals surface area contributed by atoms with Crippen LogP contribution in [0.15, 0.2) is 17.5 Å². The fraction of sp³-hybridized carbons (Fsp3) is 0.444. The second-order valence-electron chi connectivity index (χ2n) is 3.21. The van der Waals surface area contributed by atoms with Gasteiger partial charge in [0, 0.05) is 11.3 Å². The zero-order valence-electron chi connectivity index (χ0n) is 7.47. The molecule has 4 nitrogen and oxygen atoms in total. The monoisotopic (exact) mass is 213 g/mol. The zero-order chi connectivity index (χ0) is 9.97. The highest BCUT2D eigenvalue weighted by molar-refractivity contribution is 7.09. The van der Waals surface area contributed by atoms with Crippen LogP contribution in [-0.2, 0) is 11.2 Å². The molecule has 2 atom stereocenters. The molecule has 0 spiro atoms. The number of hydrogen-bond acceptors (Lipinski definition) is 3. The number of amides is 1. The quantitative estimate of drug-likeness (QED) is 0.742. The van der Waals surface area contributed by atoms with Crippen LogP contribution < -0.4 is 5.32 Å². The van der Waals surface area contributed by atoms with E-state index in [1.54, 1.807) is 11.3 Å². The molecule has 1 aliphatic heterocycles. The first-order valence-electron chi connectivity index (χ1n) is 4.39. The van der Waals surface area contributed by atoms with E-state index in [0.29, 0.717) is 13.0 Å². The van der Waals surface area contributed by atoms with E-state index in [-0.39, 0.29) is 12.1 Å². The Morgan fingerprint density at radius 3 is 3.14 bits per heavy atom. The van der Waals surface area contributed by atoms with Crippen LogP contribution in [0.5, 0.6) is 0 Å². The molecule has 0 aromatic carbocycles. The normalized spacial score (nSPS) is 21.6. The maximum Gasteiger partial charge on any atom is 0.404 e. The van der Waals surface area contributed by atoms with Crippen molar-refractivity contribution in [3.8, 4) is 0 Å². The van der Waals surface area contributed by atoms with Gasteiger partial charge in [0.2, 0.25) is 0 Å². The fourth-order valence-electron chi connectivity index (χ4n) is 1.37. The summed E-state index contributed by atoms with van der Waals surface area (Å²) in [5.41, 5.74) is 0. The Hall–Kier alpha value is -1.07. The lowest BCUT2D eigenvalue weighted by molar-refractivity contribution is 0.186. The van der Waals surface area contributed by atoms with Crippen molar-refractivity contribution in [3.63, 3.8) is 0 Å². The molecule has 1 aromatic rings. The molecule has 0 saturated carbocycles. The predicted octanol–water partition coefficient (Wildman–Crippen LogP) is 1.33. The molecule has 14 heavy (non-hydrogen) atoms. The number of carbonyl (C=O) groups is 1. The third-order valence-electron chi connectivity index (χ3n) is 2.12. The van der Waals surface area contributed by atoms with Crippen LogP contribution in [-0.4, -0.2) is 30.0 Å². The van der Waals surface area contributed by atoms with Gasteiger partial charge in [0.05, 0.1) is 12.6 Å². The lowest BCUT2D eigenvalue weighted by Crippen LogP contribution is -2.39.